The van der Waals surface area contributed by atoms with E-state index in [-0.39, 0.29) is 23.9 Å². The minimum Gasteiger partial charge on any atom is -0.453 e. The first-order valence-corrected chi connectivity index (χ1v) is 23.3. The number of methoxy groups -OCH3 is 2. The summed E-state index contributed by atoms with van der Waals surface area (Å²) in [6.07, 6.45) is 6.72. The summed E-state index contributed by atoms with van der Waals surface area (Å²) in [5, 5.41) is 5.23. The Bertz CT molecular complexity index is 2360. The molecule has 2 aromatic carbocycles. The molecule has 2 aromatic heterocycles. The first-order chi connectivity index (χ1) is 32.9. The zero-order valence-corrected chi connectivity index (χ0v) is 38.7. The summed E-state index contributed by atoms with van der Waals surface area (Å²) in [7, 11) is 2.45. The maximum absolute atomic E-state index is 13.9. The van der Waals surface area contributed by atoms with E-state index in [0.717, 1.165) is 33.6 Å². The van der Waals surface area contributed by atoms with Gasteiger partial charge in [0.2, 0.25) is 11.6 Å². The molecule has 6 atom stereocenters. The highest BCUT2D eigenvalue weighted by atomic mass is 16.5. The number of nitrogens with zero attached hydrogens (tertiary/aromatic N) is 4. The maximum atomic E-state index is 13.9. The molecule has 18 heteroatoms. The van der Waals surface area contributed by atoms with Crippen molar-refractivity contribution in [2.24, 2.45) is 11.8 Å². The third-order valence-electron chi connectivity index (χ3n) is 13.8. The summed E-state index contributed by atoms with van der Waals surface area (Å²) in [5.41, 5.74) is 4.87. The summed E-state index contributed by atoms with van der Waals surface area (Å²) in [6.45, 7) is 5.61. The Morgan fingerprint density at radius 1 is 0.588 bits per heavy atom. The van der Waals surface area contributed by atoms with Crippen LogP contribution in [0.3, 0.4) is 0 Å². The van der Waals surface area contributed by atoms with E-state index in [9.17, 15) is 28.8 Å². The number of carbonyl (C=O) groups excluding carboxylic acids is 6. The molecule has 0 spiro atoms. The fraction of sp³-hybridized carbons (Fsp3) is 0.480. The van der Waals surface area contributed by atoms with Crippen molar-refractivity contribution >= 4 is 35.6 Å². The van der Waals surface area contributed by atoms with Gasteiger partial charge in [0.1, 0.15) is 23.7 Å². The van der Waals surface area contributed by atoms with Crippen LogP contribution in [0.4, 0.5) is 9.59 Å². The number of ketones is 2. The number of nitrogens with one attached hydrogen (secondary N) is 4. The Morgan fingerprint density at radius 3 is 1.31 bits per heavy atom. The molecular formula is C50H58N8O10. The molecule has 0 unspecified atom stereocenters. The third-order valence-corrected chi connectivity index (χ3v) is 13.8. The van der Waals surface area contributed by atoms with Crippen molar-refractivity contribution in [2.75, 3.05) is 40.6 Å². The summed E-state index contributed by atoms with van der Waals surface area (Å²) in [6, 6.07) is 12.1. The molecule has 4 amide bonds. The molecule has 0 bridgehead atoms. The number of hydrogen-bond donors (Lipinski definition) is 4. The first kappa shape index (κ1) is 47.6. The first-order valence-electron chi connectivity index (χ1n) is 23.3. The fourth-order valence-corrected chi connectivity index (χ4v) is 9.89. The molecule has 4 fully saturated rings. The van der Waals surface area contributed by atoms with Gasteiger partial charge >= 0.3 is 12.2 Å². The van der Waals surface area contributed by atoms with E-state index >= 15 is 0 Å². The second-order valence-electron chi connectivity index (χ2n) is 17.9. The van der Waals surface area contributed by atoms with Gasteiger partial charge in [-0.15, -0.1) is 0 Å². The highest BCUT2D eigenvalue weighted by molar-refractivity contribution is 6.39. The Labute approximate surface area is 394 Å². The number of carbonyl (C=O) groups is 6. The average Bonchev–Trinajstić information content (AvgIpc) is 4.21. The topological polar surface area (TPSA) is 227 Å². The van der Waals surface area contributed by atoms with Crippen LogP contribution in [-0.2, 0) is 38.1 Å². The number of benzene rings is 2. The Hall–Kier alpha value is -6.84. The predicted molar refractivity (Wildman–Crippen MR) is 246 cm³/mol. The van der Waals surface area contributed by atoms with Gasteiger partial charge in [0.25, 0.3) is 11.8 Å². The lowest BCUT2D eigenvalue weighted by atomic mass is 9.88. The van der Waals surface area contributed by atoms with Crippen molar-refractivity contribution in [1.82, 2.24) is 40.4 Å². The number of ether oxygens (including phenoxy) is 4. The van der Waals surface area contributed by atoms with Gasteiger partial charge in [-0.05, 0) is 112 Å². The Kier molecular flexibility index (Phi) is 15.0. The number of aromatic amines is 2. The Balaban J connectivity index is 0.894. The van der Waals surface area contributed by atoms with Crippen molar-refractivity contribution in [2.45, 2.75) is 101 Å². The molecule has 4 saturated heterocycles. The van der Waals surface area contributed by atoms with Crippen LogP contribution in [0.15, 0.2) is 60.9 Å². The number of aromatic nitrogens is 4. The van der Waals surface area contributed by atoms with E-state index in [0.29, 0.717) is 89.4 Å². The van der Waals surface area contributed by atoms with E-state index in [1.807, 2.05) is 62.4 Å². The van der Waals surface area contributed by atoms with Gasteiger partial charge < -0.3 is 49.3 Å². The molecular weight excluding hydrogens is 873 g/mol. The van der Waals surface area contributed by atoms with Gasteiger partial charge in [-0.1, -0.05) is 36.1 Å². The van der Waals surface area contributed by atoms with Crippen LogP contribution in [0, 0.1) is 23.7 Å². The van der Waals surface area contributed by atoms with E-state index in [2.05, 4.69) is 42.4 Å². The van der Waals surface area contributed by atoms with Crippen LogP contribution < -0.4 is 10.6 Å². The number of Topliss-reactive ketones (excluding diaryl/α,β-unsaturated/α-hetero) is 2. The fourth-order valence-electron chi connectivity index (χ4n) is 9.89. The average molecular weight is 931 g/mol. The van der Waals surface area contributed by atoms with Gasteiger partial charge in [-0.2, -0.15) is 0 Å². The predicted octanol–water partition coefficient (Wildman–Crippen LogP) is 5.41. The lowest BCUT2D eigenvalue weighted by Gasteiger charge is -2.32. The number of alkyl carbamates (subject to hydrolysis) is 2. The smallest absolute Gasteiger partial charge is 0.407 e. The summed E-state index contributed by atoms with van der Waals surface area (Å²) < 4.78 is 20.5. The van der Waals surface area contributed by atoms with Crippen LogP contribution in [0.25, 0.3) is 22.5 Å². The number of H-pyrrole nitrogens is 2. The lowest BCUT2D eigenvalue weighted by Crippen LogP contribution is -2.54. The standard InChI is InChI=1S/C50H58N8O10/c1-29-5-17-39(57(29)47(61)43(59)41(55-49(63)65-3)35-19-23-67-24-20-35)45-51-27-37(53-45)33-13-9-31(10-14-33)7-8-32-11-15-34(16-12-32)38-28-52-46(54-38)40-18-6-30(2)58(40)48(62)44(60)42(56-50(64)66-4)36-21-25-68-26-22-36/h9-16,27-30,35-36,39-42H,5-6,17-26H2,1-4H3,(H,51,53)(H,52,54)(H,55,63)(H,56,64)/t29-,30-,39-,40-,41-,42+/m0/s1. The van der Waals surface area contributed by atoms with Crippen molar-refractivity contribution in [3.8, 4) is 34.4 Å². The molecule has 4 aliphatic rings. The molecule has 4 N–H and O–H groups in total. The molecule has 18 nitrogen and oxygen atoms in total. The highest BCUT2D eigenvalue weighted by Crippen LogP contribution is 2.38. The van der Waals surface area contributed by atoms with Crippen molar-refractivity contribution in [1.29, 1.82) is 0 Å². The molecule has 4 aromatic rings. The number of rotatable bonds is 12. The quantitative estimate of drug-likeness (QED) is 0.103. The van der Waals surface area contributed by atoms with Crippen LogP contribution in [0.2, 0.25) is 0 Å². The normalized spacial score (nSPS) is 21.8. The van der Waals surface area contributed by atoms with Gasteiger partial charge in [0, 0.05) is 49.6 Å². The molecule has 358 valence electrons. The largest absolute Gasteiger partial charge is 0.453 e. The molecule has 0 saturated carbocycles. The van der Waals surface area contributed by atoms with Gasteiger partial charge in [0.15, 0.2) is 0 Å². The zero-order chi connectivity index (χ0) is 47.9. The summed E-state index contributed by atoms with van der Waals surface area (Å²) >= 11 is 0. The van der Waals surface area contributed by atoms with Gasteiger partial charge in [-0.25, -0.2) is 19.6 Å². The van der Waals surface area contributed by atoms with Gasteiger partial charge in [0.05, 0.1) is 50.1 Å². The monoisotopic (exact) mass is 930 g/mol. The number of amides is 4. The van der Waals surface area contributed by atoms with Crippen LogP contribution >= 0.6 is 0 Å². The van der Waals surface area contributed by atoms with E-state index in [4.69, 9.17) is 18.9 Å². The second kappa shape index (κ2) is 21.4. The minimum absolute atomic E-state index is 0.206. The van der Waals surface area contributed by atoms with Gasteiger partial charge in [-0.3, -0.25) is 19.2 Å². The lowest BCUT2D eigenvalue weighted by molar-refractivity contribution is -0.148. The molecule has 0 radical (unpaired) electrons. The van der Waals surface area contributed by atoms with Crippen LogP contribution in [-0.4, -0.2) is 130 Å². The van der Waals surface area contributed by atoms with Crippen molar-refractivity contribution in [3.05, 3.63) is 83.7 Å². The molecule has 0 aliphatic carbocycles. The molecule has 4 aliphatic heterocycles. The number of hydrogen-bond acceptors (Lipinski definition) is 12. The highest BCUT2D eigenvalue weighted by Gasteiger charge is 2.45. The summed E-state index contributed by atoms with van der Waals surface area (Å²) in [5.74, 6) is 4.47. The van der Waals surface area contributed by atoms with E-state index in [1.54, 1.807) is 22.2 Å². The second-order valence-corrected chi connectivity index (χ2v) is 17.9. The van der Waals surface area contributed by atoms with Crippen molar-refractivity contribution < 1.29 is 47.7 Å². The summed E-state index contributed by atoms with van der Waals surface area (Å²) in [4.78, 5) is 99.0. The van der Waals surface area contributed by atoms with Crippen molar-refractivity contribution in [3.63, 3.8) is 0 Å². The maximum Gasteiger partial charge on any atom is 0.407 e. The van der Waals surface area contributed by atoms with E-state index < -0.39 is 59.7 Å². The zero-order valence-electron chi connectivity index (χ0n) is 38.7. The third kappa shape index (κ3) is 10.5. The van der Waals surface area contributed by atoms with Crippen LogP contribution in [0.1, 0.15) is 100 Å². The number of likely N-dealkylation sites (tertiary alicyclic amines) is 2. The molecule has 6 heterocycles. The number of imidazole rings is 2. The van der Waals surface area contributed by atoms with E-state index in [1.165, 1.54) is 14.2 Å². The minimum atomic E-state index is -1.02. The molecule has 8 rings (SSSR count). The Morgan fingerprint density at radius 2 is 0.956 bits per heavy atom. The van der Waals surface area contributed by atoms with Crippen LogP contribution in [0.5, 0.6) is 0 Å². The SMILES string of the molecule is COC(=O)N[C@H](C(=O)C(=O)N1[C@@H](C)CC[C@H]1c1ncc(-c2ccc(C#Cc3ccc(-c4cnc([C@@H]5CC[C@H](C)N5C(=O)C(=O)[C@H](NC(=O)OC)C5CCOCC5)[nH]4)cc3)cc2)[nH]1)C1CCOCC1. The molecule has 68 heavy (non-hydrogen) atoms.